The van der Waals surface area contributed by atoms with Gasteiger partial charge in [-0.3, -0.25) is 19.2 Å². The summed E-state index contributed by atoms with van der Waals surface area (Å²) in [7, 11) is 2.92. The molecule has 20 heteroatoms. The van der Waals surface area contributed by atoms with Crippen LogP contribution in [0.1, 0.15) is 64.3 Å². The van der Waals surface area contributed by atoms with Crippen molar-refractivity contribution in [3.05, 3.63) is 275 Å². The van der Waals surface area contributed by atoms with Gasteiger partial charge in [-0.2, -0.15) is 20.4 Å². The molecule has 0 bridgehead atoms. The van der Waals surface area contributed by atoms with Crippen molar-refractivity contribution in [1.29, 1.82) is 0 Å². The molecule has 1 aliphatic carbocycles. The molecule has 0 heterocycles. The molecule has 0 aliphatic heterocycles. The van der Waals surface area contributed by atoms with Gasteiger partial charge in [0.2, 0.25) is 0 Å². The minimum absolute atomic E-state index is 0.0375. The van der Waals surface area contributed by atoms with Crippen LogP contribution in [0, 0.1) is 0 Å². The Bertz CT molecular complexity index is 3680. The Morgan fingerprint density at radius 1 is 0.489 bits per heavy atom. The van der Waals surface area contributed by atoms with Gasteiger partial charge in [0.15, 0.2) is 23.0 Å². The van der Waals surface area contributed by atoms with Crippen LogP contribution in [-0.4, -0.2) is 97.6 Å². The van der Waals surface area contributed by atoms with Gasteiger partial charge in [-0.05, 0) is 131 Å². The number of nitrogens with one attached hydrogen (secondary N) is 4. The number of hydrogen-bond acceptors (Lipinski definition) is 16. The molecule has 9 rings (SSSR count). The summed E-state index contributed by atoms with van der Waals surface area (Å²) in [4.78, 5) is 47.3. The van der Waals surface area contributed by atoms with Crippen LogP contribution in [0.2, 0.25) is 0 Å². The number of benzene rings is 8. The lowest BCUT2D eigenvalue weighted by molar-refractivity contribution is -0.123. The van der Waals surface area contributed by atoms with Crippen LogP contribution in [0.25, 0.3) is 11.1 Å². The lowest BCUT2D eigenvalue weighted by atomic mass is 9.98. The number of hydrazone groups is 4. The third-order valence-corrected chi connectivity index (χ3v) is 13.5. The first-order valence-electron chi connectivity index (χ1n) is 29.2. The number of amides is 4. The number of nitrogens with two attached hydrogens (primary N) is 4. The fourth-order valence-corrected chi connectivity index (χ4v) is 8.58. The van der Waals surface area contributed by atoms with Crippen molar-refractivity contribution < 1.29 is 38.9 Å². The Morgan fingerprint density at radius 2 is 0.870 bits per heavy atom. The molecule has 20 nitrogen and oxygen atoms in total. The van der Waals surface area contributed by atoms with Crippen molar-refractivity contribution in [1.82, 2.24) is 21.7 Å². The number of allylic oxidation sites excluding steroid dienone is 2. The Labute approximate surface area is 537 Å². The van der Waals surface area contributed by atoms with Crippen molar-refractivity contribution in [2.45, 2.75) is 63.2 Å². The maximum absolute atomic E-state index is 12.2. The number of carbonyl (C=O) groups is 4. The fraction of sp³-hybridized carbons (Fsp3) is 0.167. The Kier molecular flexibility index (Phi) is 31.4. The molecule has 0 aromatic heterocycles. The topological polar surface area (TPSA) is 329 Å². The standard InChI is InChI=1S/C20H23N3O3.C17H19N3O3.C16H17N3O.C13H15N3O.C6H6/c1-3-15(16-7-5-4-6-8-16)12-17(21)20(25)23-22-13-14-9-10-18(24)19(11-14)26-2;1-23-16-10-13(7-8-15(16)21)11-19-20-17(22)14(18)9-12-5-3-2-4-6-12;17-15(11-13-7-3-1-4-8-13)16(20)19-18-12-14-9-5-2-6-10-14;1-15-16-13(17)12(14)8-10-7-6-9-4-2-3-5-11(9)10;1-2-4-6-5-3-1/h3-11,13,17,24H,12,21H2,1-2H3,(H,23,25);2-8,10-11,14,21H,9,18H2,1H3,(H,20,22);1-10,12,15H,11,17H2,(H,19,20);2-5,7,12H,1,6,8,14H2,(H,16,17);1-6H/b15-3-,22-13+;19-11+;18-12+;;. The zero-order chi connectivity index (χ0) is 66.3. The lowest BCUT2D eigenvalue weighted by Crippen LogP contribution is -2.39. The van der Waals surface area contributed by atoms with E-state index in [0.29, 0.717) is 48.3 Å². The molecule has 1 aliphatic rings. The van der Waals surface area contributed by atoms with Gasteiger partial charge in [-0.1, -0.05) is 194 Å². The number of hydrogen-bond donors (Lipinski definition) is 10. The average Bonchev–Trinajstić information content (AvgIpc) is 1.80. The third kappa shape index (κ3) is 25.9. The van der Waals surface area contributed by atoms with Crippen LogP contribution in [0.15, 0.2) is 251 Å². The predicted molar refractivity (Wildman–Crippen MR) is 367 cm³/mol. The molecule has 92 heavy (non-hydrogen) atoms. The largest absolute Gasteiger partial charge is 0.504 e. The first-order chi connectivity index (χ1) is 44.6. The van der Waals surface area contributed by atoms with Gasteiger partial charge < -0.3 is 42.6 Å². The molecule has 0 saturated heterocycles. The minimum Gasteiger partial charge on any atom is -0.504 e. The molecule has 0 fully saturated rings. The van der Waals surface area contributed by atoms with Crippen molar-refractivity contribution in [3.8, 4) is 23.0 Å². The maximum Gasteiger partial charge on any atom is 0.257 e. The third-order valence-electron chi connectivity index (χ3n) is 13.5. The second kappa shape index (κ2) is 40.4. The van der Waals surface area contributed by atoms with E-state index in [1.807, 2.05) is 183 Å². The molecule has 0 saturated carbocycles. The molecule has 8 aromatic rings. The first kappa shape index (κ1) is 71.6. The average molecular weight is 1240 g/mol. The highest BCUT2D eigenvalue weighted by atomic mass is 16.5. The van der Waals surface area contributed by atoms with Gasteiger partial charge >= 0.3 is 0 Å². The van der Waals surface area contributed by atoms with Crippen molar-refractivity contribution >= 4 is 60.1 Å². The summed E-state index contributed by atoms with van der Waals surface area (Å²) in [6.45, 7) is 5.12. The van der Waals surface area contributed by atoms with Gasteiger partial charge in [0.05, 0.1) is 57.0 Å². The number of aromatic hydroxyl groups is 2. The van der Waals surface area contributed by atoms with Crippen LogP contribution in [0.5, 0.6) is 23.0 Å². The van der Waals surface area contributed by atoms with Gasteiger partial charge in [0, 0.05) is 6.72 Å². The van der Waals surface area contributed by atoms with E-state index in [2.05, 4.69) is 67.0 Å². The molecular weight excluding hydrogens is 1160 g/mol. The van der Waals surface area contributed by atoms with E-state index in [1.54, 1.807) is 30.5 Å². The van der Waals surface area contributed by atoms with E-state index < -0.39 is 24.2 Å². The molecule has 0 radical (unpaired) electrons. The number of carbonyl (C=O) groups excluding carboxylic acids is 4. The van der Waals surface area contributed by atoms with Crippen LogP contribution >= 0.6 is 0 Å². The summed E-state index contributed by atoms with van der Waals surface area (Å²) in [5.41, 5.74) is 43.0. The van der Waals surface area contributed by atoms with Crippen molar-refractivity contribution in [2.75, 3.05) is 14.2 Å². The SMILES string of the molecule is C/C=C(/CC(N)C(=O)N/N=C/c1ccc(O)c(OC)c1)c1ccccc1.C=NNC(=O)C(N)CC1=CCc2ccccc21.COc1cc(/C=N/NC(=O)C(N)Cc2ccccc2)ccc1O.NC(Cc1ccccc1)C(=O)N/N=C/c1ccccc1.c1ccccc1. The molecule has 4 unspecified atom stereocenters. The molecular formula is C72H80N12O8. The van der Waals surface area contributed by atoms with E-state index in [9.17, 15) is 29.4 Å². The van der Waals surface area contributed by atoms with Gasteiger partial charge in [0.25, 0.3) is 23.6 Å². The number of phenols is 2. The van der Waals surface area contributed by atoms with Crippen LogP contribution in [0.3, 0.4) is 0 Å². The smallest absolute Gasteiger partial charge is 0.257 e. The van der Waals surface area contributed by atoms with Gasteiger partial charge in [-0.25, -0.2) is 21.7 Å². The van der Waals surface area contributed by atoms with Crippen LogP contribution in [-0.2, 0) is 38.4 Å². The Balaban J connectivity index is 0.000000217. The van der Waals surface area contributed by atoms with E-state index >= 15 is 0 Å². The highest BCUT2D eigenvalue weighted by molar-refractivity contribution is 5.88. The number of ether oxygens (including phenoxy) is 2. The monoisotopic (exact) mass is 1240 g/mol. The number of phenolic OH excluding ortho intramolecular Hbond substituents is 2. The van der Waals surface area contributed by atoms with Crippen LogP contribution in [0.4, 0.5) is 0 Å². The quantitative estimate of drug-likeness (QED) is 0.0225. The van der Waals surface area contributed by atoms with E-state index in [0.717, 1.165) is 39.8 Å². The summed E-state index contributed by atoms with van der Waals surface area (Å²) in [6.07, 6.45) is 11.4. The number of fused-ring (bicyclic) bond motifs is 1. The van der Waals surface area contributed by atoms with Crippen LogP contribution < -0.4 is 54.1 Å². The normalized spacial score (nSPS) is 12.6. The molecule has 476 valence electrons. The fourth-order valence-electron chi connectivity index (χ4n) is 8.58. The molecule has 4 atom stereocenters. The Morgan fingerprint density at radius 3 is 1.32 bits per heavy atom. The maximum atomic E-state index is 12.2. The number of nitrogens with zero attached hydrogens (tertiary/aromatic N) is 4. The summed E-state index contributed by atoms with van der Waals surface area (Å²) >= 11 is 0. The summed E-state index contributed by atoms with van der Waals surface area (Å²) in [5, 5.41) is 34.1. The highest BCUT2D eigenvalue weighted by Crippen LogP contribution is 2.30. The summed E-state index contributed by atoms with van der Waals surface area (Å²) in [6, 6.07) is 65.6. The highest BCUT2D eigenvalue weighted by Gasteiger charge is 2.21. The molecule has 0 spiro atoms. The second-order valence-corrected chi connectivity index (χ2v) is 20.2. The predicted octanol–water partition coefficient (Wildman–Crippen LogP) is 8.56. The van der Waals surface area contributed by atoms with E-state index in [4.69, 9.17) is 32.4 Å². The molecule has 8 aromatic carbocycles. The molecule has 4 amide bonds. The number of methoxy groups -OCH3 is 2. The minimum atomic E-state index is -0.715. The molecule has 14 N–H and O–H groups in total. The van der Waals surface area contributed by atoms with E-state index in [-0.39, 0.29) is 35.1 Å². The summed E-state index contributed by atoms with van der Waals surface area (Å²) < 4.78 is 10.0. The van der Waals surface area contributed by atoms with E-state index in [1.165, 1.54) is 49.9 Å². The van der Waals surface area contributed by atoms with Gasteiger partial charge in [0.1, 0.15) is 0 Å². The zero-order valence-electron chi connectivity index (χ0n) is 51.7. The van der Waals surface area contributed by atoms with Crippen molar-refractivity contribution in [2.24, 2.45) is 43.3 Å². The zero-order valence-corrected chi connectivity index (χ0v) is 51.7. The lowest BCUT2D eigenvalue weighted by Gasteiger charge is -2.13. The van der Waals surface area contributed by atoms with Crippen molar-refractivity contribution in [3.63, 3.8) is 0 Å². The number of rotatable bonds is 22. The Hall–Kier alpha value is -11.2. The second-order valence-electron chi connectivity index (χ2n) is 20.2. The van der Waals surface area contributed by atoms with Gasteiger partial charge in [-0.15, -0.1) is 0 Å². The first-order valence-corrected chi connectivity index (χ1v) is 29.2. The summed E-state index contributed by atoms with van der Waals surface area (Å²) in [5.74, 6) is -0.586.